The van der Waals surface area contributed by atoms with Gasteiger partial charge in [0.15, 0.2) is 5.96 Å². The Morgan fingerprint density at radius 3 is 2.32 bits per heavy atom. The molecule has 7 heteroatoms. The van der Waals surface area contributed by atoms with Gasteiger partial charge in [-0.15, -0.1) is 24.0 Å². The van der Waals surface area contributed by atoms with Crippen molar-refractivity contribution in [2.75, 3.05) is 51.2 Å². The van der Waals surface area contributed by atoms with E-state index in [1.165, 1.54) is 25.7 Å². The van der Waals surface area contributed by atoms with E-state index in [1.807, 2.05) is 6.20 Å². The number of aromatic nitrogens is 1. The smallest absolute Gasteiger partial charge is 0.191 e. The predicted molar refractivity (Wildman–Crippen MR) is 115 cm³/mol. The van der Waals surface area contributed by atoms with Gasteiger partial charge in [0, 0.05) is 45.5 Å². The first-order valence-corrected chi connectivity index (χ1v) is 9.16. The molecule has 2 aliphatic heterocycles. The summed E-state index contributed by atoms with van der Waals surface area (Å²) in [4.78, 5) is 16.1. The number of aliphatic imine (C=N–C) groups is 1. The summed E-state index contributed by atoms with van der Waals surface area (Å²) in [5, 5.41) is 0. The number of guanidine groups is 1. The van der Waals surface area contributed by atoms with Crippen LogP contribution in [0.4, 0.5) is 5.82 Å². The number of likely N-dealkylation sites (N-methyl/N-ethyl adjacent to an activating group) is 1. The van der Waals surface area contributed by atoms with Gasteiger partial charge >= 0.3 is 0 Å². The third-order valence-corrected chi connectivity index (χ3v) is 4.99. The molecule has 3 heterocycles. The van der Waals surface area contributed by atoms with E-state index < -0.39 is 0 Å². The van der Waals surface area contributed by atoms with Crippen LogP contribution in [0.15, 0.2) is 23.3 Å². The molecule has 2 fully saturated rings. The lowest BCUT2D eigenvalue weighted by Gasteiger charge is -2.33. The van der Waals surface area contributed by atoms with Gasteiger partial charge in [-0.25, -0.2) is 9.98 Å². The molecule has 140 valence electrons. The van der Waals surface area contributed by atoms with Gasteiger partial charge in [0.2, 0.25) is 0 Å². The number of anilines is 1. The third kappa shape index (κ3) is 5.99. The molecule has 0 unspecified atom stereocenters. The monoisotopic (exact) mass is 458 g/mol. The van der Waals surface area contributed by atoms with Gasteiger partial charge in [-0.1, -0.05) is 18.9 Å². The van der Waals surface area contributed by atoms with Crippen LogP contribution < -0.4 is 10.6 Å². The van der Waals surface area contributed by atoms with Crippen molar-refractivity contribution in [1.29, 1.82) is 0 Å². The molecule has 0 atom stereocenters. The summed E-state index contributed by atoms with van der Waals surface area (Å²) in [6.07, 6.45) is 6.99. The summed E-state index contributed by atoms with van der Waals surface area (Å²) < 4.78 is 0. The zero-order chi connectivity index (χ0) is 16.8. The van der Waals surface area contributed by atoms with Gasteiger partial charge in [-0.3, -0.25) is 0 Å². The van der Waals surface area contributed by atoms with Crippen LogP contribution in [-0.2, 0) is 6.54 Å². The number of piperazine rings is 1. The van der Waals surface area contributed by atoms with E-state index in [2.05, 4.69) is 43.9 Å². The van der Waals surface area contributed by atoms with Crippen LogP contribution in [0.5, 0.6) is 0 Å². The van der Waals surface area contributed by atoms with E-state index in [0.29, 0.717) is 12.5 Å². The molecule has 2 aliphatic rings. The molecule has 0 radical (unpaired) electrons. The Morgan fingerprint density at radius 1 is 1.04 bits per heavy atom. The Hall–Kier alpha value is -1.09. The number of likely N-dealkylation sites (tertiary alicyclic amines) is 1. The van der Waals surface area contributed by atoms with Crippen LogP contribution >= 0.6 is 24.0 Å². The van der Waals surface area contributed by atoms with Gasteiger partial charge < -0.3 is 20.4 Å². The maximum Gasteiger partial charge on any atom is 0.191 e. The molecule has 0 aromatic carbocycles. The van der Waals surface area contributed by atoms with E-state index in [0.717, 1.165) is 50.6 Å². The van der Waals surface area contributed by atoms with E-state index in [4.69, 9.17) is 5.73 Å². The zero-order valence-corrected chi connectivity index (χ0v) is 17.6. The first-order chi connectivity index (χ1) is 11.7. The van der Waals surface area contributed by atoms with Gasteiger partial charge in [0.25, 0.3) is 0 Å². The summed E-state index contributed by atoms with van der Waals surface area (Å²) in [6.45, 7) is 6.97. The van der Waals surface area contributed by atoms with Crippen LogP contribution in [0.3, 0.4) is 0 Å². The quantitative estimate of drug-likeness (QED) is 0.428. The van der Waals surface area contributed by atoms with Crippen molar-refractivity contribution in [3.05, 3.63) is 23.9 Å². The Morgan fingerprint density at radius 2 is 1.72 bits per heavy atom. The highest BCUT2D eigenvalue weighted by Gasteiger charge is 2.15. The molecule has 1 aromatic heterocycles. The largest absolute Gasteiger partial charge is 0.370 e. The lowest BCUT2D eigenvalue weighted by molar-refractivity contribution is 0.312. The second kappa shape index (κ2) is 10.2. The molecule has 0 saturated carbocycles. The predicted octanol–water partition coefficient (Wildman–Crippen LogP) is 2.14. The summed E-state index contributed by atoms with van der Waals surface area (Å²) in [6, 6.07) is 4.23. The molecule has 25 heavy (non-hydrogen) atoms. The number of nitrogens with zero attached hydrogens (tertiary/aromatic N) is 5. The SMILES string of the molecule is CN1CCN(c2ccc(CN=C(N)N3CCCCCC3)cn2)CC1.I. The highest BCUT2D eigenvalue weighted by Crippen LogP contribution is 2.14. The summed E-state index contributed by atoms with van der Waals surface area (Å²) in [5.41, 5.74) is 7.28. The minimum absolute atomic E-state index is 0. The van der Waals surface area contributed by atoms with Crippen LogP contribution in [0.2, 0.25) is 0 Å². The van der Waals surface area contributed by atoms with E-state index in [9.17, 15) is 0 Å². The number of nitrogens with two attached hydrogens (primary N) is 1. The molecule has 6 nitrogen and oxygen atoms in total. The maximum absolute atomic E-state index is 6.17. The molecule has 3 rings (SSSR count). The van der Waals surface area contributed by atoms with Crippen molar-refractivity contribution < 1.29 is 0 Å². The van der Waals surface area contributed by atoms with Gasteiger partial charge in [0.1, 0.15) is 5.82 Å². The van der Waals surface area contributed by atoms with Crippen LogP contribution in [0.1, 0.15) is 31.2 Å². The Balaban J connectivity index is 0.00000225. The fraction of sp³-hybridized carbons (Fsp3) is 0.667. The van der Waals surface area contributed by atoms with Gasteiger partial charge in [-0.05, 0) is 31.5 Å². The lowest BCUT2D eigenvalue weighted by atomic mass is 10.2. The van der Waals surface area contributed by atoms with Crippen molar-refractivity contribution in [2.24, 2.45) is 10.7 Å². The van der Waals surface area contributed by atoms with Crippen LogP contribution in [0, 0.1) is 0 Å². The molecule has 2 saturated heterocycles. The van der Waals surface area contributed by atoms with Gasteiger partial charge in [-0.2, -0.15) is 0 Å². The average molecular weight is 458 g/mol. The molecular weight excluding hydrogens is 427 g/mol. The first kappa shape index (κ1) is 20.2. The summed E-state index contributed by atoms with van der Waals surface area (Å²) in [7, 11) is 2.17. The number of pyridine rings is 1. The van der Waals surface area contributed by atoms with Crippen molar-refractivity contribution in [3.8, 4) is 0 Å². The maximum atomic E-state index is 6.17. The van der Waals surface area contributed by atoms with E-state index in [1.54, 1.807) is 0 Å². The number of halogens is 1. The summed E-state index contributed by atoms with van der Waals surface area (Å²) in [5.74, 6) is 1.75. The molecular formula is C18H31IN6. The Labute approximate surface area is 168 Å². The van der Waals surface area contributed by atoms with E-state index in [-0.39, 0.29) is 24.0 Å². The minimum atomic E-state index is 0. The Bertz CT molecular complexity index is 531. The highest BCUT2D eigenvalue weighted by molar-refractivity contribution is 14.0. The lowest BCUT2D eigenvalue weighted by Crippen LogP contribution is -2.44. The molecule has 0 aliphatic carbocycles. The first-order valence-electron chi connectivity index (χ1n) is 9.16. The average Bonchev–Trinajstić information content (AvgIpc) is 2.90. The molecule has 2 N–H and O–H groups in total. The minimum Gasteiger partial charge on any atom is -0.370 e. The third-order valence-electron chi connectivity index (χ3n) is 4.99. The second-order valence-electron chi connectivity index (χ2n) is 6.89. The zero-order valence-electron chi connectivity index (χ0n) is 15.2. The molecule has 0 spiro atoms. The molecule has 0 bridgehead atoms. The van der Waals surface area contributed by atoms with Crippen molar-refractivity contribution >= 4 is 35.8 Å². The fourth-order valence-corrected chi connectivity index (χ4v) is 3.30. The van der Waals surface area contributed by atoms with Gasteiger partial charge in [0.05, 0.1) is 6.54 Å². The normalized spacial score (nSPS) is 20.1. The van der Waals surface area contributed by atoms with Crippen molar-refractivity contribution in [1.82, 2.24) is 14.8 Å². The second-order valence-corrected chi connectivity index (χ2v) is 6.89. The number of rotatable bonds is 3. The van der Waals surface area contributed by atoms with Crippen LogP contribution in [-0.4, -0.2) is 67.1 Å². The van der Waals surface area contributed by atoms with E-state index >= 15 is 0 Å². The standard InChI is InChI=1S/C18H30N6.HI/c1-22-10-12-23(13-11-22)17-7-6-16(14-20-17)15-21-18(19)24-8-4-2-3-5-9-24;/h6-7,14H,2-5,8-13,15H2,1H3,(H2,19,21);1H. The topological polar surface area (TPSA) is 61.0 Å². The number of hydrogen-bond donors (Lipinski definition) is 1. The van der Waals surface area contributed by atoms with Crippen molar-refractivity contribution in [3.63, 3.8) is 0 Å². The van der Waals surface area contributed by atoms with Crippen molar-refractivity contribution in [2.45, 2.75) is 32.2 Å². The number of hydrogen-bond acceptors (Lipinski definition) is 4. The summed E-state index contributed by atoms with van der Waals surface area (Å²) >= 11 is 0. The molecule has 0 amide bonds. The Kier molecular flexibility index (Phi) is 8.21. The van der Waals surface area contributed by atoms with Crippen LogP contribution in [0.25, 0.3) is 0 Å². The molecule has 1 aromatic rings. The highest BCUT2D eigenvalue weighted by atomic mass is 127. The fourth-order valence-electron chi connectivity index (χ4n) is 3.30.